The molecule has 8 nitrogen and oxygen atoms in total. The fraction of sp³-hybridized carbons (Fsp3) is 0.735. The summed E-state index contributed by atoms with van der Waals surface area (Å²) in [6.45, 7) is 5.23. The van der Waals surface area contributed by atoms with Gasteiger partial charge in [0.1, 0.15) is 19.3 Å². The average Bonchev–Trinajstić information content (AvgIpc) is 3.18. The van der Waals surface area contributed by atoms with Crippen molar-refractivity contribution >= 4 is 13.8 Å². The molecular formula is C49H88NO7P. The van der Waals surface area contributed by atoms with Gasteiger partial charge in [0.2, 0.25) is 0 Å². The van der Waals surface area contributed by atoms with Crippen molar-refractivity contribution < 1.29 is 37.3 Å². The Morgan fingerprint density at radius 2 is 1.00 bits per heavy atom. The summed E-state index contributed by atoms with van der Waals surface area (Å²) in [4.78, 5) is 25.1. The van der Waals surface area contributed by atoms with E-state index < -0.39 is 13.9 Å². The highest BCUT2D eigenvalue weighted by Gasteiger charge is 2.20. The molecule has 0 saturated heterocycles. The Morgan fingerprint density at radius 1 is 0.552 bits per heavy atom. The lowest BCUT2D eigenvalue weighted by molar-refractivity contribution is -0.870. The maximum absolute atomic E-state index is 12.7. The van der Waals surface area contributed by atoms with Gasteiger partial charge in [-0.3, -0.25) is 9.36 Å². The summed E-state index contributed by atoms with van der Waals surface area (Å²) in [6, 6.07) is 0. The maximum atomic E-state index is 12.7. The zero-order valence-corrected chi connectivity index (χ0v) is 38.9. The summed E-state index contributed by atoms with van der Waals surface area (Å²) in [5.74, 6) is -0.352. The first-order chi connectivity index (χ1) is 28.1. The third-order valence-electron chi connectivity index (χ3n) is 9.49. The number of allylic oxidation sites excluding steroid dienone is 12. The first kappa shape index (κ1) is 55.9. The van der Waals surface area contributed by atoms with E-state index in [4.69, 9.17) is 18.5 Å². The van der Waals surface area contributed by atoms with Crippen molar-refractivity contribution in [2.24, 2.45) is 0 Å². The van der Waals surface area contributed by atoms with Gasteiger partial charge in [0.05, 0.1) is 34.4 Å². The molecule has 0 aliphatic rings. The summed E-state index contributed by atoms with van der Waals surface area (Å²) in [7, 11) is 1.33. The molecule has 0 bridgehead atoms. The van der Waals surface area contributed by atoms with Gasteiger partial charge in [-0.05, 0) is 83.5 Å². The fourth-order valence-corrected chi connectivity index (χ4v) is 6.65. The van der Waals surface area contributed by atoms with Crippen LogP contribution < -0.4 is 4.89 Å². The average molecular weight is 834 g/mol. The van der Waals surface area contributed by atoms with Crippen LogP contribution in [0.25, 0.3) is 0 Å². The number of carbonyl (C=O) groups is 1. The summed E-state index contributed by atoms with van der Waals surface area (Å²) < 4.78 is 34.6. The molecular weight excluding hydrogens is 746 g/mol. The Morgan fingerprint density at radius 3 is 1.52 bits per heavy atom. The molecule has 0 spiro atoms. The Hall–Kier alpha value is -2.06. The van der Waals surface area contributed by atoms with E-state index in [-0.39, 0.29) is 25.8 Å². The Labute approximate surface area is 357 Å². The van der Waals surface area contributed by atoms with E-state index in [1.807, 2.05) is 21.1 Å². The first-order valence-corrected chi connectivity index (χ1v) is 24.6. The van der Waals surface area contributed by atoms with E-state index >= 15 is 0 Å². The predicted molar refractivity (Wildman–Crippen MR) is 245 cm³/mol. The van der Waals surface area contributed by atoms with Gasteiger partial charge in [-0.25, -0.2) is 0 Å². The van der Waals surface area contributed by atoms with Crippen LogP contribution in [0.4, 0.5) is 0 Å². The minimum absolute atomic E-state index is 0.0179. The van der Waals surface area contributed by atoms with Crippen molar-refractivity contribution in [2.75, 3.05) is 54.1 Å². The molecule has 2 unspecified atom stereocenters. The lowest BCUT2D eigenvalue weighted by Gasteiger charge is -2.28. The summed E-state index contributed by atoms with van der Waals surface area (Å²) >= 11 is 0. The molecule has 0 aromatic rings. The molecule has 0 heterocycles. The molecule has 0 N–H and O–H groups in total. The fourth-order valence-electron chi connectivity index (χ4n) is 5.92. The lowest BCUT2D eigenvalue weighted by atomic mass is 10.1. The second kappa shape index (κ2) is 41.7. The van der Waals surface area contributed by atoms with Gasteiger partial charge in [-0.1, -0.05) is 157 Å². The quantitative estimate of drug-likeness (QED) is 0.0199. The van der Waals surface area contributed by atoms with E-state index in [2.05, 4.69) is 86.8 Å². The molecule has 58 heavy (non-hydrogen) atoms. The highest BCUT2D eigenvalue weighted by atomic mass is 31.2. The van der Waals surface area contributed by atoms with Crippen LogP contribution in [0.1, 0.15) is 174 Å². The second-order valence-corrected chi connectivity index (χ2v) is 17.8. The smallest absolute Gasteiger partial charge is 0.306 e. The van der Waals surface area contributed by atoms with E-state index in [1.54, 1.807) is 0 Å². The highest BCUT2D eigenvalue weighted by Crippen LogP contribution is 2.38. The molecule has 0 aromatic heterocycles. The SMILES string of the molecule is CC/C=C\C/C=C\C/C=C\C/C=C\C/C=C\CCCCCCCCOCC(COP(=O)([O-])OCC[N+](C)(C)C)OC(=O)CCCCCCC/C=C\CCCCCCC. The number of hydrogen-bond acceptors (Lipinski definition) is 7. The van der Waals surface area contributed by atoms with Crippen molar-refractivity contribution in [2.45, 2.75) is 180 Å². The molecule has 0 rings (SSSR count). The normalized spacial score (nSPS) is 14.4. The van der Waals surface area contributed by atoms with Crippen LogP contribution in [0.2, 0.25) is 0 Å². The van der Waals surface area contributed by atoms with E-state index in [0.717, 1.165) is 89.9 Å². The van der Waals surface area contributed by atoms with Gasteiger partial charge in [0.25, 0.3) is 7.82 Å². The first-order valence-electron chi connectivity index (χ1n) is 23.2. The number of hydrogen-bond donors (Lipinski definition) is 0. The molecule has 0 amide bonds. The molecule has 0 aliphatic heterocycles. The van der Waals surface area contributed by atoms with E-state index in [9.17, 15) is 14.3 Å². The van der Waals surface area contributed by atoms with Crippen LogP contribution in [0.5, 0.6) is 0 Å². The molecule has 0 aromatic carbocycles. The van der Waals surface area contributed by atoms with Crippen molar-refractivity contribution in [1.82, 2.24) is 0 Å². The van der Waals surface area contributed by atoms with Crippen LogP contribution >= 0.6 is 7.82 Å². The van der Waals surface area contributed by atoms with Gasteiger partial charge in [-0.2, -0.15) is 0 Å². The van der Waals surface area contributed by atoms with Gasteiger partial charge in [-0.15, -0.1) is 0 Å². The highest BCUT2D eigenvalue weighted by molar-refractivity contribution is 7.45. The minimum Gasteiger partial charge on any atom is -0.756 e. The monoisotopic (exact) mass is 834 g/mol. The van der Waals surface area contributed by atoms with Gasteiger partial charge in [0.15, 0.2) is 0 Å². The molecule has 9 heteroatoms. The van der Waals surface area contributed by atoms with Crippen LogP contribution in [0.15, 0.2) is 72.9 Å². The van der Waals surface area contributed by atoms with Crippen molar-refractivity contribution in [3.05, 3.63) is 72.9 Å². The van der Waals surface area contributed by atoms with E-state index in [0.29, 0.717) is 24.1 Å². The van der Waals surface area contributed by atoms with Crippen molar-refractivity contribution in [1.29, 1.82) is 0 Å². The largest absolute Gasteiger partial charge is 0.756 e. The number of esters is 1. The number of unbranched alkanes of at least 4 members (excludes halogenated alkanes) is 16. The minimum atomic E-state index is -4.54. The van der Waals surface area contributed by atoms with Crippen LogP contribution in [-0.4, -0.2) is 70.7 Å². The predicted octanol–water partition coefficient (Wildman–Crippen LogP) is 13.3. The Bertz CT molecular complexity index is 1150. The molecule has 0 aliphatic carbocycles. The molecule has 336 valence electrons. The lowest BCUT2D eigenvalue weighted by Crippen LogP contribution is -2.37. The summed E-state index contributed by atoms with van der Waals surface area (Å²) in [5, 5.41) is 0. The van der Waals surface area contributed by atoms with Crippen LogP contribution in [-0.2, 0) is 27.9 Å². The number of quaternary nitrogens is 1. The molecule has 0 saturated carbocycles. The van der Waals surface area contributed by atoms with Crippen LogP contribution in [0.3, 0.4) is 0 Å². The number of carbonyl (C=O) groups excluding carboxylic acids is 1. The van der Waals surface area contributed by atoms with Gasteiger partial charge in [0, 0.05) is 13.0 Å². The number of ether oxygens (including phenoxy) is 2. The van der Waals surface area contributed by atoms with Crippen molar-refractivity contribution in [3.63, 3.8) is 0 Å². The van der Waals surface area contributed by atoms with Gasteiger partial charge >= 0.3 is 5.97 Å². The van der Waals surface area contributed by atoms with Gasteiger partial charge < -0.3 is 27.9 Å². The number of likely N-dealkylation sites (N-methyl/N-ethyl adjacent to an activating group) is 1. The molecule has 0 fully saturated rings. The third kappa shape index (κ3) is 45.0. The molecule has 2 atom stereocenters. The van der Waals surface area contributed by atoms with E-state index in [1.165, 1.54) is 64.2 Å². The summed E-state index contributed by atoms with van der Waals surface area (Å²) in [5.41, 5.74) is 0. The summed E-state index contributed by atoms with van der Waals surface area (Å²) in [6.07, 6.45) is 53.4. The van der Waals surface area contributed by atoms with Crippen LogP contribution in [0, 0.1) is 0 Å². The third-order valence-corrected chi connectivity index (χ3v) is 10.5. The topological polar surface area (TPSA) is 94.1 Å². The van der Waals surface area contributed by atoms with Crippen molar-refractivity contribution in [3.8, 4) is 0 Å². The Balaban J connectivity index is 4.24. The standard InChI is InChI=1S/C49H88NO7P/c1-6-8-10-12-14-16-18-20-22-23-24-25-26-27-28-29-31-33-35-37-39-41-44-54-46-48(47-56-58(52,53)55-45-43-50(3,4)5)57-49(51)42-40-38-36-34-32-30-21-19-17-15-13-11-9-7-2/h8,10,14,16,19-22,24-25,27-28,48H,6-7,9,11-13,15,17-18,23,26,29-47H2,1-5H3/b10-8-,16-14-,21-19-,22-20-,25-24-,28-27-. The second-order valence-electron chi connectivity index (χ2n) is 16.4. The number of nitrogens with zero attached hydrogens (tertiary/aromatic N) is 1. The zero-order chi connectivity index (χ0) is 42.7. The number of phosphoric acid groups is 1. The number of phosphoric ester groups is 1. The zero-order valence-electron chi connectivity index (χ0n) is 38.0. The Kier molecular flexibility index (Phi) is 40.2. The maximum Gasteiger partial charge on any atom is 0.306 e. The molecule has 0 radical (unpaired) electrons. The number of rotatable bonds is 42.